The molecule has 22 heavy (non-hydrogen) atoms. The summed E-state index contributed by atoms with van der Waals surface area (Å²) < 4.78 is 1.79. The third kappa shape index (κ3) is 3.71. The molecule has 1 heterocycles. The van der Waals surface area contributed by atoms with Crippen LogP contribution < -0.4 is 5.32 Å². The van der Waals surface area contributed by atoms with Crippen LogP contribution in [-0.4, -0.2) is 20.9 Å². The van der Waals surface area contributed by atoms with Crippen molar-refractivity contribution in [2.24, 2.45) is 7.05 Å². The molecule has 0 fully saturated rings. The normalized spacial score (nSPS) is 12.2. The van der Waals surface area contributed by atoms with Crippen molar-refractivity contribution in [3.05, 3.63) is 46.8 Å². The number of hydrogen-bond donors (Lipinski definition) is 1. The highest BCUT2D eigenvalue weighted by molar-refractivity contribution is 7.99. The Morgan fingerprint density at radius 1 is 1.32 bits per heavy atom. The predicted molar refractivity (Wildman–Crippen MR) is 93.2 cm³/mol. The Hall–Kier alpha value is -1.75. The molecule has 0 aliphatic heterocycles. The summed E-state index contributed by atoms with van der Waals surface area (Å²) in [6.07, 6.45) is 0. The van der Waals surface area contributed by atoms with Gasteiger partial charge >= 0.3 is 0 Å². The molecule has 1 amide bonds. The fourth-order valence-corrected chi connectivity index (χ4v) is 3.21. The van der Waals surface area contributed by atoms with Gasteiger partial charge in [0.25, 0.3) is 0 Å². The van der Waals surface area contributed by atoms with Crippen molar-refractivity contribution in [3.8, 4) is 0 Å². The molecular weight excluding hydrogens is 294 g/mol. The van der Waals surface area contributed by atoms with E-state index in [4.69, 9.17) is 0 Å². The summed E-state index contributed by atoms with van der Waals surface area (Å²) >= 11 is 1.65. The van der Waals surface area contributed by atoms with Gasteiger partial charge in [0.05, 0.1) is 22.3 Å². The van der Waals surface area contributed by atoms with E-state index in [1.165, 1.54) is 11.1 Å². The van der Waals surface area contributed by atoms with E-state index < -0.39 is 0 Å². The summed E-state index contributed by atoms with van der Waals surface area (Å²) in [5.74, 6) is 0.865. The molecule has 0 saturated heterocycles. The van der Waals surface area contributed by atoms with E-state index in [0.717, 1.165) is 22.8 Å². The third-order valence-electron chi connectivity index (χ3n) is 3.88. The van der Waals surface area contributed by atoms with Crippen LogP contribution in [0.2, 0.25) is 0 Å². The number of carbonyl (C=O) groups is 1. The average Bonchev–Trinajstić information content (AvgIpc) is 2.72. The van der Waals surface area contributed by atoms with Crippen LogP contribution in [0.4, 0.5) is 5.69 Å². The lowest BCUT2D eigenvalue weighted by Gasteiger charge is -2.13. The number of nitrogens with one attached hydrogen (secondary N) is 1. The molecule has 4 nitrogen and oxygen atoms in total. The Morgan fingerprint density at radius 3 is 2.59 bits per heavy atom. The monoisotopic (exact) mass is 317 g/mol. The van der Waals surface area contributed by atoms with Crippen molar-refractivity contribution in [2.75, 3.05) is 5.32 Å². The lowest BCUT2D eigenvalue weighted by atomic mass is 10.1. The van der Waals surface area contributed by atoms with Crippen LogP contribution in [0.5, 0.6) is 0 Å². The number of rotatable bonds is 5. The molecule has 0 unspecified atom stereocenters. The maximum absolute atomic E-state index is 12.4. The Kier molecular flexibility index (Phi) is 5.29. The second kappa shape index (κ2) is 7.01. The quantitative estimate of drug-likeness (QED) is 0.916. The van der Waals surface area contributed by atoms with E-state index in [1.54, 1.807) is 16.4 Å². The number of benzene rings is 1. The average molecular weight is 317 g/mol. The molecule has 0 radical (unpaired) electrons. The first kappa shape index (κ1) is 16.6. The summed E-state index contributed by atoms with van der Waals surface area (Å²) in [6.45, 7) is 7.91. The zero-order valence-corrected chi connectivity index (χ0v) is 14.6. The zero-order chi connectivity index (χ0) is 16.3. The van der Waals surface area contributed by atoms with Crippen molar-refractivity contribution >= 4 is 23.4 Å². The molecule has 0 bridgehead atoms. The van der Waals surface area contributed by atoms with Gasteiger partial charge in [0.15, 0.2) is 0 Å². The molecule has 1 aromatic carbocycles. The number of aryl methyl sites for hydroxylation is 3. The number of thioether (sulfide) groups is 1. The minimum atomic E-state index is -0.112. The summed E-state index contributed by atoms with van der Waals surface area (Å²) in [5.41, 5.74) is 5.20. The van der Waals surface area contributed by atoms with Crippen molar-refractivity contribution in [1.29, 1.82) is 0 Å². The Bertz CT molecular complexity index is 679. The zero-order valence-electron chi connectivity index (χ0n) is 13.8. The Morgan fingerprint density at radius 2 is 2.00 bits per heavy atom. The van der Waals surface area contributed by atoms with Gasteiger partial charge in [-0.25, -0.2) is 0 Å². The maximum atomic E-state index is 12.4. The molecule has 0 aliphatic rings. The van der Waals surface area contributed by atoms with Crippen LogP contribution in [0, 0.1) is 20.8 Å². The van der Waals surface area contributed by atoms with E-state index in [0.29, 0.717) is 0 Å². The fourth-order valence-electron chi connectivity index (χ4n) is 2.24. The predicted octanol–water partition coefficient (Wildman–Crippen LogP) is 3.61. The van der Waals surface area contributed by atoms with Crippen LogP contribution in [-0.2, 0) is 17.6 Å². The van der Waals surface area contributed by atoms with Gasteiger partial charge in [-0.2, -0.15) is 5.10 Å². The van der Waals surface area contributed by atoms with E-state index in [2.05, 4.69) is 29.5 Å². The van der Waals surface area contributed by atoms with Gasteiger partial charge in [-0.15, -0.1) is 11.8 Å². The first-order chi connectivity index (χ1) is 10.4. The topological polar surface area (TPSA) is 46.9 Å². The molecule has 2 aromatic rings. The number of carbonyl (C=O) groups excluding carboxylic acids is 1. The Labute approximate surface area is 136 Å². The lowest BCUT2D eigenvalue weighted by Crippen LogP contribution is -2.23. The SMILES string of the molecule is Cc1ccccc1CS[C@H](C)C(=O)Nc1c(C)nn(C)c1C. The summed E-state index contributed by atoms with van der Waals surface area (Å²) in [4.78, 5) is 12.4. The highest BCUT2D eigenvalue weighted by Crippen LogP contribution is 2.23. The van der Waals surface area contributed by atoms with Crippen molar-refractivity contribution < 1.29 is 4.79 Å². The second-order valence-corrected chi connectivity index (χ2v) is 6.87. The van der Waals surface area contributed by atoms with Crippen LogP contribution >= 0.6 is 11.8 Å². The number of aromatic nitrogens is 2. The number of anilines is 1. The first-order valence-electron chi connectivity index (χ1n) is 7.37. The molecule has 1 N–H and O–H groups in total. The number of nitrogens with zero attached hydrogens (tertiary/aromatic N) is 2. The van der Waals surface area contributed by atoms with Crippen molar-refractivity contribution in [1.82, 2.24) is 9.78 Å². The molecule has 0 spiro atoms. The summed E-state index contributed by atoms with van der Waals surface area (Å²) in [5, 5.41) is 7.22. The summed E-state index contributed by atoms with van der Waals surface area (Å²) in [6, 6.07) is 8.29. The standard InChI is InChI=1S/C17H23N3OS/c1-11-8-6-7-9-15(11)10-22-14(4)17(21)18-16-12(2)19-20(5)13(16)3/h6-9,14H,10H2,1-5H3,(H,18,21)/t14-/m1/s1. The molecule has 2 rings (SSSR count). The highest BCUT2D eigenvalue weighted by atomic mass is 32.2. The molecule has 0 aliphatic carbocycles. The van der Waals surface area contributed by atoms with Crippen LogP contribution in [0.25, 0.3) is 0 Å². The smallest absolute Gasteiger partial charge is 0.237 e. The largest absolute Gasteiger partial charge is 0.322 e. The van der Waals surface area contributed by atoms with E-state index in [-0.39, 0.29) is 11.2 Å². The Balaban J connectivity index is 1.96. The van der Waals surface area contributed by atoms with Crippen molar-refractivity contribution in [3.63, 3.8) is 0 Å². The van der Waals surface area contributed by atoms with Gasteiger partial charge in [0.2, 0.25) is 5.91 Å². The maximum Gasteiger partial charge on any atom is 0.237 e. The minimum Gasteiger partial charge on any atom is -0.322 e. The minimum absolute atomic E-state index is 0.0257. The second-order valence-electron chi connectivity index (χ2n) is 5.54. The molecule has 1 aromatic heterocycles. The van der Waals surface area contributed by atoms with E-state index in [9.17, 15) is 4.79 Å². The third-order valence-corrected chi connectivity index (χ3v) is 5.07. The van der Waals surface area contributed by atoms with Gasteiger partial charge in [0, 0.05) is 12.8 Å². The van der Waals surface area contributed by atoms with Gasteiger partial charge in [-0.05, 0) is 38.8 Å². The van der Waals surface area contributed by atoms with E-state index >= 15 is 0 Å². The van der Waals surface area contributed by atoms with Crippen LogP contribution in [0.3, 0.4) is 0 Å². The first-order valence-corrected chi connectivity index (χ1v) is 8.42. The molecule has 0 saturated carbocycles. The van der Waals surface area contributed by atoms with Gasteiger partial charge in [-0.1, -0.05) is 24.3 Å². The molecule has 1 atom stereocenters. The summed E-state index contributed by atoms with van der Waals surface area (Å²) in [7, 11) is 1.88. The fraction of sp³-hybridized carbons (Fsp3) is 0.412. The van der Waals surface area contributed by atoms with Gasteiger partial charge in [-0.3, -0.25) is 9.48 Å². The molecule has 5 heteroatoms. The van der Waals surface area contributed by atoms with Crippen LogP contribution in [0.15, 0.2) is 24.3 Å². The highest BCUT2D eigenvalue weighted by Gasteiger charge is 2.18. The van der Waals surface area contributed by atoms with Crippen molar-refractivity contribution in [2.45, 2.75) is 38.7 Å². The van der Waals surface area contributed by atoms with Gasteiger partial charge < -0.3 is 5.32 Å². The number of amides is 1. The van der Waals surface area contributed by atoms with E-state index in [1.807, 2.05) is 40.0 Å². The van der Waals surface area contributed by atoms with Crippen LogP contribution in [0.1, 0.15) is 29.4 Å². The lowest BCUT2D eigenvalue weighted by molar-refractivity contribution is -0.115. The number of hydrogen-bond acceptors (Lipinski definition) is 3. The molecule has 118 valence electrons. The molecular formula is C17H23N3OS. The van der Waals surface area contributed by atoms with Gasteiger partial charge in [0.1, 0.15) is 0 Å².